The van der Waals surface area contributed by atoms with Crippen LogP contribution in [0.4, 0.5) is 0 Å². The van der Waals surface area contributed by atoms with E-state index in [-0.39, 0.29) is 23.7 Å². The summed E-state index contributed by atoms with van der Waals surface area (Å²) in [5, 5.41) is 27.7. The number of benzene rings is 2. The van der Waals surface area contributed by atoms with Gasteiger partial charge in [-0.2, -0.15) is 5.26 Å². The van der Waals surface area contributed by atoms with Gasteiger partial charge in [-0.15, -0.1) is 0 Å². The van der Waals surface area contributed by atoms with Gasteiger partial charge in [0, 0.05) is 0 Å². The van der Waals surface area contributed by atoms with Gasteiger partial charge < -0.3 is 14.9 Å². The van der Waals surface area contributed by atoms with E-state index >= 15 is 0 Å². The second-order valence-electron chi connectivity index (χ2n) is 4.86. The molecule has 5 heteroatoms. The molecule has 0 aromatic heterocycles. The third kappa shape index (κ3) is 4.75. The van der Waals surface area contributed by atoms with E-state index in [2.05, 4.69) is 0 Å². The first-order valence-corrected chi connectivity index (χ1v) is 7.11. The van der Waals surface area contributed by atoms with Crippen molar-refractivity contribution in [2.75, 3.05) is 0 Å². The van der Waals surface area contributed by atoms with Crippen LogP contribution >= 0.6 is 0 Å². The van der Waals surface area contributed by atoms with Crippen LogP contribution in [0.3, 0.4) is 0 Å². The number of nitrogens with zero attached hydrogens (tertiary/aromatic N) is 1. The lowest BCUT2D eigenvalue weighted by Gasteiger charge is -2.03. The van der Waals surface area contributed by atoms with Gasteiger partial charge in [-0.3, -0.25) is 0 Å². The molecule has 0 amide bonds. The fraction of sp³-hybridized carbons (Fsp3) is 0.0526. The Morgan fingerprint density at radius 2 is 1.88 bits per heavy atom. The zero-order valence-corrected chi connectivity index (χ0v) is 12.7. The standard InChI is InChI=1S/C19H15NO4/c20-12-16(19(23)24-13-15-5-2-1-3-6-15)8-4-7-14-9-10-17(21)18(22)11-14/h1-11,21-22H,13H2. The second-order valence-corrected chi connectivity index (χ2v) is 4.86. The molecule has 0 unspecified atom stereocenters. The maximum absolute atomic E-state index is 11.9. The lowest BCUT2D eigenvalue weighted by Crippen LogP contribution is -2.06. The number of phenolic OH excluding ortho intramolecular Hbond substituents is 2. The second kappa shape index (κ2) is 8.20. The minimum atomic E-state index is -0.709. The van der Waals surface area contributed by atoms with E-state index < -0.39 is 5.97 Å². The largest absolute Gasteiger partial charge is 0.504 e. The maximum atomic E-state index is 11.9. The number of hydrogen-bond acceptors (Lipinski definition) is 5. The molecule has 2 rings (SSSR count). The number of hydrogen-bond donors (Lipinski definition) is 2. The number of ether oxygens (including phenoxy) is 1. The topological polar surface area (TPSA) is 90.5 Å². The highest BCUT2D eigenvalue weighted by Crippen LogP contribution is 2.25. The highest BCUT2D eigenvalue weighted by molar-refractivity contribution is 5.93. The van der Waals surface area contributed by atoms with Crippen LogP contribution in [-0.4, -0.2) is 16.2 Å². The van der Waals surface area contributed by atoms with Crippen molar-refractivity contribution in [3.63, 3.8) is 0 Å². The van der Waals surface area contributed by atoms with Crippen LogP contribution in [0.2, 0.25) is 0 Å². The zero-order chi connectivity index (χ0) is 17.4. The van der Waals surface area contributed by atoms with Crippen molar-refractivity contribution >= 4 is 12.0 Å². The van der Waals surface area contributed by atoms with Gasteiger partial charge in [-0.1, -0.05) is 48.6 Å². The van der Waals surface area contributed by atoms with Gasteiger partial charge in [-0.05, 0) is 29.3 Å². The molecule has 0 aliphatic heterocycles. The minimum absolute atomic E-state index is 0.0915. The molecule has 0 heterocycles. The summed E-state index contributed by atoms with van der Waals surface area (Å²) in [6, 6.07) is 15.2. The van der Waals surface area contributed by atoms with Crippen LogP contribution in [-0.2, 0) is 16.1 Å². The highest BCUT2D eigenvalue weighted by Gasteiger charge is 2.09. The van der Waals surface area contributed by atoms with E-state index in [0.717, 1.165) is 5.56 Å². The van der Waals surface area contributed by atoms with E-state index in [1.165, 1.54) is 24.3 Å². The Morgan fingerprint density at radius 3 is 2.54 bits per heavy atom. The summed E-state index contributed by atoms with van der Waals surface area (Å²) >= 11 is 0. The van der Waals surface area contributed by atoms with Crippen LogP contribution in [0.25, 0.3) is 6.08 Å². The van der Waals surface area contributed by atoms with Gasteiger partial charge in [0.2, 0.25) is 0 Å². The normalized spacial score (nSPS) is 11.2. The molecule has 0 radical (unpaired) electrons. The Bertz CT molecular complexity index is 817. The minimum Gasteiger partial charge on any atom is -0.504 e. The van der Waals surface area contributed by atoms with E-state index in [9.17, 15) is 15.0 Å². The monoisotopic (exact) mass is 321 g/mol. The molecule has 0 fully saturated rings. The molecule has 0 bridgehead atoms. The molecule has 0 saturated carbocycles. The molecule has 120 valence electrons. The van der Waals surface area contributed by atoms with Crippen LogP contribution in [0.5, 0.6) is 11.5 Å². The Kier molecular flexibility index (Phi) is 5.76. The van der Waals surface area contributed by atoms with Gasteiger partial charge in [-0.25, -0.2) is 4.79 Å². The van der Waals surface area contributed by atoms with Crippen LogP contribution in [0.1, 0.15) is 11.1 Å². The lowest BCUT2D eigenvalue weighted by molar-refractivity contribution is -0.139. The van der Waals surface area contributed by atoms with Crippen molar-refractivity contribution in [2.24, 2.45) is 0 Å². The lowest BCUT2D eigenvalue weighted by atomic mass is 10.1. The molecule has 0 atom stereocenters. The third-order valence-corrected chi connectivity index (χ3v) is 3.10. The summed E-state index contributed by atoms with van der Waals surface area (Å²) in [4.78, 5) is 11.9. The molecule has 0 spiro atoms. The van der Waals surface area contributed by atoms with Crippen LogP contribution in [0, 0.1) is 11.3 Å². The highest BCUT2D eigenvalue weighted by atomic mass is 16.5. The summed E-state index contributed by atoms with van der Waals surface area (Å²) in [7, 11) is 0. The predicted molar refractivity (Wildman–Crippen MR) is 88.7 cm³/mol. The Balaban J connectivity index is 2.00. The zero-order valence-electron chi connectivity index (χ0n) is 12.7. The number of carbonyl (C=O) groups is 1. The molecular formula is C19H15NO4. The Labute approximate surface area is 139 Å². The van der Waals surface area contributed by atoms with Crippen molar-refractivity contribution in [2.45, 2.75) is 6.61 Å². The average molecular weight is 321 g/mol. The van der Waals surface area contributed by atoms with Crippen molar-refractivity contribution in [1.29, 1.82) is 5.26 Å². The summed E-state index contributed by atoms with van der Waals surface area (Å²) in [6.07, 6.45) is 4.41. The smallest absolute Gasteiger partial charge is 0.349 e. The van der Waals surface area contributed by atoms with Gasteiger partial charge in [0.15, 0.2) is 11.5 Å². The number of phenols is 2. The summed E-state index contributed by atoms with van der Waals surface area (Å²) in [5.74, 6) is -1.17. The number of allylic oxidation sites excluding steroid dienone is 2. The van der Waals surface area contributed by atoms with Crippen LogP contribution < -0.4 is 0 Å². The van der Waals surface area contributed by atoms with E-state index in [1.807, 2.05) is 30.3 Å². The van der Waals surface area contributed by atoms with E-state index in [0.29, 0.717) is 5.56 Å². The SMILES string of the molecule is N#CC(=CC=Cc1ccc(O)c(O)c1)C(=O)OCc1ccccc1. The number of carbonyl (C=O) groups excluding carboxylic acids is 1. The Morgan fingerprint density at radius 1 is 1.12 bits per heavy atom. The predicted octanol–water partition coefficient (Wildman–Crippen LogP) is 3.30. The third-order valence-electron chi connectivity index (χ3n) is 3.10. The van der Waals surface area contributed by atoms with Crippen molar-refractivity contribution < 1.29 is 19.7 Å². The quantitative estimate of drug-likeness (QED) is 0.290. The van der Waals surface area contributed by atoms with Gasteiger partial charge in [0.25, 0.3) is 0 Å². The number of aromatic hydroxyl groups is 2. The fourth-order valence-corrected chi connectivity index (χ4v) is 1.85. The first-order chi connectivity index (χ1) is 11.6. The van der Waals surface area contributed by atoms with Crippen molar-refractivity contribution in [3.8, 4) is 17.6 Å². The number of nitriles is 1. The molecule has 0 aliphatic rings. The molecule has 2 aromatic rings. The van der Waals surface area contributed by atoms with Gasteiger partial charge in [0.05, 0.1) is 0 Å². The first-order valence-electron chi connectivity index (χ1n) is 7.11. The summed E-state index contributed by atoms with van der Waals surface area (Å²) in [5.41, 5.74) is 1.31. The van der Waals surface area contributed by atoms with Crippen molar-refractivity contribution in [3.05, 3.63) is 77.4 Å². The molecule has 0 saturated heterocycles. The van der Waals surface area contributed by atoms with E-state index in [1.54, 1.807) is 18.2 Å². The summed E-state index contributed by atoms with van der Waals surface area (Å²) < 4.78 is 5.08. The van der Waals surface area contributed by atoms with Crippen molar-refractivity contribution in [1.82, 2.24) is 0 Å². The fourth-order valence-electron chi connectivity index (χ4n) is 1.85. The van der Waals surface area contributed by atoms with Crippen LogP contribution in [0.15, 0.2) is 66.3 Å². The molecular weight excluding hydrogens is 306 g/mol. The first kappa shape index (κ1) is 16.8. The number of rotatable bonds is 5. The Hall–Kier alpha value is -3.52. The van der Waals surface area contributed by atoms with Gasteiger partial charge >= 0.3 is 5.97 Å². The molecule has 2 N–H and O–H groups in total. The molecule has 2 aromatic carbocycles. The van der Waals surface area contributed by atoms with E-state index in [4.69, 9.17) is 10.00 Å². The molecule has 5 nitrogen and oxygen atoms in total. The molecule has 24 heavy (non-hydrogen) atoms. The summed E-state index contributed by atoms with van der Waals surface area (Å²) in [6.45, 7) is 0.0915. The number of esters is 1. The molecule has 0 aliphatic carbocycles. The average Bonchev–Trinajstić information content (AvgIpc) is 2.60. The maximum Gasteiger partial charge on any atom is 0.349 e. The van der Waals surface area contributed by atoms with Gasteiger partial charge in [0.1, 0.15) is 18.2 Å².